The molecule has 1 atom stereocenters. The van der Waals surface area contributed by atoms with Gasteiger partial charge >= 0.3 is 0 Å². The van der Waals surface area contributed by atoms with Gasteiger partial charge in [0.2, 0.25) is 10.0 Å². The Morgan fingerprint density at radius 3 is 2.70 bits per heavy atom. The Labute approximate surface area is 126 Å². The smallest absolute Gasteiger partial charge is 0.243 e. The molecule has 0 aliphatic heterocycles. The maximum Gasteiger partial charge on any atom is 0.243 e. The van der Waals surface area contributed by atoms with Gasteiger partial charge in [0, 0.05) is 18.4 Å². The first-order valence-electron chi connectivity index (χ1n) is 7.16. The van der Waals surface area contributed by atoms with Gasteiger partial charge in [-0.25, -0.2) is 13.1 Å². The van der Waals surface area contributed by atoms with E-state index in [1.54, 1.807) is 0 Å². The van der Waals surface area contributed by atoms with E-state index < -0.39 is 10.0 Å². The molecule has 0 spiro atoms. The molecule has 2 rings (SSSR count). The summed E-state index contributed by atoms with van der Waals surface area (Å²) in [5, 5.41) is 0.214. The van der Waals surface area contributed by atoms with Crippen molar-refractivity contribution in [1.29, 1.82) is 0 Å². The Balaban J connectivity index is 2.15. The average molecular weight is 317 g/mol. The van der Waals surface area contributed by atoms with Gasteiger partial charge in [0.25, 0.3) is 0 Å². The van der Waals surface area contributed by atoms with Crippen molar-refractivity contribution in [3.63, 3.8) is 0 Å². The summed E-state index contributed by atoms with van der Waals surface area (Å²) in [5.74, 6) is 0.430. The number of nitrogens with one attached hydrogen (secondary N) is 1. The van der Waals surface area contributed by atoms with Crippen molar-refractivity contribution in [1.82, 2.24) is 9.71 Å². The minimum Gasteiger partial charge on any atom is -0.263 e. The number of hydrogen-bond donors (Lipinski definition) is 1. The zero-order chi connectivity index (χ0) is 14.6. The molecule has 1 heterocycles. The molecule has 4 nitrogen and oxygen atoms in total. The minimum absolute atomic E-state index is 0.0171. The largest absolute Gasteiger partial charge is 0.263 e. The van der Waals surface area contributed by atoms with Crippen molar-refractivity contribution in [2.24, 2.45) is 5.92 Å². The fourth-order valence-electron chi connectivity index (χ4n) is 2.87. The van der Waals surface area contributed by atoms with Gasteiger partial charge in [0.15, 0.2) is 0 Å². The second kappa shape index (κ2) is 6.87. The molecule has 112 valence electrons. The van der Waals surface area contributed by atoms with Crippen molar-refractivity contribution in [2.75, 3.05) is 0 Å². The van der Waals surface area contributed by atoms with Gasteiger partial charge in [-0.2, -0.15) is 0 Å². The molecule has 1 N–H and O–H groups in total. The number of nitrogens with zero attached hydrogens (tertiary/aromatic N) is 1. The minimum atomic E-state index is -3.60. The van der Waals surface area contributed by atoms with Crippen LogP contribution in [-0.2, 0) is 10.0 Å². The molecule has 1 aromatic rings. The second-order valence-corrected chi connectivity index (χ2v) is 7.43. The average Bonchev–Trinajstić information content (AvgIpc) is 2.46. The number of rotatable bonds is 5. The van der Waals surface area contributed by atoms with E-state index in [0.717, 1.165) is 19.3 Å². The van der Waals surface area contributed by atoms with Crippen LogP contribution in [0.3, 0.4) is 0 Å². The molecule has 0 aromatic carbocycles. The highest BCUT2D eigenvalue weighted by atomic mass is 35.5. The summed E-state index contributed by atoms with van der Waals surface area (Å²) in [6.45, 7) is 2.02. The van der Waals surface area contributed by atoms with Crippen molar-refractivity contribution >= 4 is 21.6 Å². The van der Waals surface area contributed by atoms with Gasteiger partial charge in [-0.15, -0.1) is 0 Å². The van der Waals surface area contributed by atoms with Crippen LogP contribution in [0.4, 0.5) is 0 Å². The van der Waals surface area contributed by atoms with Crippen LogP contribution in [0.25, 0.3) is 0 Å². The molecule has 1 aliphatic carbocycles. The number of hydrogen-bond acceptors (Lipinski definition) is 3. The van der Waals surface area contributed by atoms with Crippen LogP contribution in [-0.4, -0.2) is 19.4 Å². The molecule has 20 heavy (non-hydrogen) atoms. The molecule has 0 saturated heterocycles. The first kappa shape index (κ1) is 15.7. The normalized spacial score (nSPS) is 18.9. The summed E-state index contributed by atoms with van der Waals surface area (Å²) in [7, 11) is -3.60. The van der Waals surface area contributed by atoms with Crippen LogP contribution >= 0.6 is 11.6 Å². The van der Waals surface area contributed by atoms with E-state index in [1.807, 2.05) is 6.92 Å². The molecule has 1 fully saturated rings. The molecule has 0 radical (unpaired) electrons. The van der Waals surface area contributed by atoms with Crippen LogP contribution in [0.1, 0.15) is 45.4 Å². The Kier molecular flexibility index (Phi) is 5.41. The summed E-state index contributed by atoms with van der Waals surface area (Å²) in [4.78, 5) is 3.92. The van der Waals surface area contributed by atoms with Crippen LogP contribution in [0.15, 0.2) is 23.4 Å². The van der Waals surface area contributed by atoms with Gasteiger partial charge in [0.1, 0.15) is 4.90 Å². The molecule has 1 saturated carbocycles. The number of aromatic nitrogens is 1. The van der Waals surface area contributed by atoms with E-state index in [-0.39, 0.29) is 16.0 Å². The summed E-state index contributed by atoms with van der Waals surface area (Å²) < 4.78 is 27.7. The maximum absolute atomic E-state index is 12.4. The molecule has 1 aliphatic rings. The number of halogens is 1. The van der Waals surface area contributed by atoms with E-state index in [2.05, 4.69) is 9.71 Å². The molecular weight excluding hydrogens is 296 g/mol. The van der Waals surface area contributed by atoms with E-state index in [4.69, 9.17) is 11.6 Å². The van der Waals surface area contributed by atoms with Crippen LogP contribution in [0.2, 0.25) is 5.02 Å². The summed E-state index contributed by atoms with van der Waals surface area (Å²) >= 11 is 5.96. The van der Waals surface area contributed by atoms with Crippen molar-refractivity contribution in [3.05, 3.63) is 23.5 Å². The molecule has 0 amide bonds. The lowest BCUT2D eigenvalue weighted by molar-refractivity contribution is 0.285. The number of sulfonamides is 1. The summed E-state index contributed by atoms with van der Waals surface area (Å²) in [6, 6.07) is 1.48. The lowest BCUT2D eigenvalue weighted by atomic mass is 9.83. The van der Waals surface area contributed by atoms with Gasteiger partial charge in [-0.1, -0.05) is 37.8 Å². The van der Waals surface area contributed by atoms with E-state index in [9.17, 15) is 8.42 Å². The summed E-state index contributed by atoms with van der Waals surface area (Å²) in [5.41, 5.74) is 0. The van der Waals surface area contributed by atoms with Crippen LogP contribution in [0, 0.1) is 5.92 Å². The van der Waals surface area contributed by atoms with Gasteiger partial charge in [-0.05, 0) is 31.2 Å². The zero-order valence-electron chi connectivity index (χ0n) is 11.7. The topological polar surface area (TPSA) is 59.1 Å². The summed E-state index contributed by atoms with van der Waals surface area (Å²) in [6.07, 6.45) is 9.42. The third-order valence-corrected chi connectivity index (χ3v) is 5.95. The molecule has 6 heteroatoms. The highest BCUT2D eigenvalue weighted by molar-refractivity contribution is 7.89. The fourth-order valence-corrected chi connectivity index (χ4v) is 4.69. The van der Waals surface area contributed by atoms with E-state index in [0.29, 0.717) is 5.92 Å². The Morgan fingerprint density at radius 2 is 2.10 bits per heavy atom. The van der Waals surface area contributed by atoms with Crippen LogP contribution in [0.5, 0.6) is 0 Å². The fraction of sp³-hybridized carbons (Fsp3) is 0.643. The van der Waals surface area contributed by atoms with E-state index >= 15 is 0 Å². The van der Waals surface area contributed by atoms with Crippen molar-refractivity contribution < 1.29 is 8.42 Å². The third-order valence-electron chi connectivity index (χ3n) is 3.99. The first-order valence-corrected chi connectivity index (χ1v) is 9.02. The Hall–Kier alpha value is -0.650. The lowest BCUT2D eigenvalue weighted by Crippen LogP contribution is -2.40. The standard InChI is InChI=1S/C14H21ClN2O2S/c1-2-13(11-6-4-3-5-7-11)17-20(18,19)14-10-16-9-8-12(14)15/h8-11,13,17H,2-7H2,1H3. The number of pyridine rings is 1. The molecule has 0 bridgehead atoms. The van der Waals surface area contributed by atoms with Gasteiger partial charge < -0.3 is 0 Å². The molecule has 1 unspecified atom stereocenters. The predicted molar refractivity (Wildman–Crippen MR) is 80.2 cm³/mol. The Morgan fingerprint density at radius 1 is 1.40 bits per heavy atom. The van der Waals surface area contributed by atoms with Crippen LogP contribution < -0.4 is 4.72 Å². The first-order chi connectivity index (χ1) is 9.54. The van der Waals surface area contributed by atoms with Crippen molar-refractivity contribution in [2.45, 2.75) is 56.4 Å². The monoisotopic (exact) mass is 316 g/mol. The maximum atomic E-state index is 12.4. The highest BCUT2D eigenvalue weighted by Crippen LogP contribution is 2.29. The van der Waals surface area contributed by atoms with Gasteiger partial charge in [0.05, 0.1) is 5.02 Å². The second-order valence-electron chi connectivity index (χ2n) is 5.34. The SMILES string of the molecule is CCC(NS(=O)(=O)c1cnccc1Cl)C1CCCCC1. The quantitative estimate of drug-likeness (QED) is 0.906. The molecule has 1 aromatic heterocycles. The third kappa shape index (κ3) is 3.71. The highest BCUT2D eigenvalue weighted by Gasteiger charge is 2.28. The predicted octanol–water partition coefficient (Wildman–Crippen LogP) is 3.37. The molecular formula is C14H21ClN2O2S. The van der Waals surface area contributed by atoms with Crippen molar-refractivity contribution in [3.8, 4) is 0 Å². The van der Waals surface area contributed by atoms with E-state index in [1.165, 1.54) is 37.7 Å². The van der Waals surface area contributed by atoms with Gasteiger partial charge in [-0.3, -0.25) is 4.98 Å². The zero-order valence-corrected chi connectivity index (χ0v) is 13.3. The Bertz CT molecular complexity index is 542. The lowest BCUT2D eigenvalue weighted by Gasteiger charge is -2.30.